The lowest BCUT2D eigenvalue weighted by Gasteiger charge is -2.26. The average Bonchev–Trinajstić information content (AvgIpc) is 2.91. The van der Waals surface area contributed by atoms with Crippen LogP contribution in [0.2, 0.25) is 0 Å². The number of rotatable bonds is 5. The van der Waals surface area contributed by atoms with Crippen molar-refractivity contribution in [3.8, 4) is 0 Å². The van der Waals surface area contributed by atoms with E-state index in [2.05, 4.69) is 39.6 Å². The molecule has 1 aliphatic heterocycles. The van der Waals surface area contributed by atoms with Gasteiger partial charge < -0.3 is 15.5 Å². The number of fused-ring (bicyclic) bond motifs is 1. The van der Waals surface area contributed by atoms with Crippen LogP contribution in [-0.4, -0.2) is 64.3 Å². The largest absolute Gasteiger partial charge is 0.354 e. The van der Waals surface area contributed by atoms with Crippen LogP contribution in [0.25, 0.3) is 0 Å². The van der Waals surface area contributed by atoms with Crippen LogP contribution in [0, 0.1) is 6.92 Å². The lowest BCUT2D eigenvalue weighted by Crippen LogP contribution is -2.49. The van der Waals surface area contributed by atoms with E-state index in [1.165, 1.54) is 0 Å². The van der Waals surface area contributed by atoms with E-state index in [0.717, 1.165) is 37.5 Å². The van der Waals surface area contributed by atoms with Gasteiger partial charge in [0, 0.05) is 32.6 Å². The van der Waals surface area contributed by atoms with Gasteiger partial charge in [0.05, 0.1) is 6.54 Å². The number of likely N-dealkylation sites (N-methyl/N-ethyl adjacent to an activating group) is 1. The first-order valence-corrected chi connectivity index (χ1v) is 8.57. The number of aryl methyl sites for hydroxylation is 2. The van der Waals surface area contributed by atoms with E-state index in [-0.39, 0.29) is 18.5 Å². The predicted octanol–water partition coefficient (Wildman–Crippen LogP) is 0.323. The van der Waals surface area contributed by atoms with Gasteiger partial charge >= 0.3 is 0 Å². The Morgan fingerprint density at radius 1 is 1.50 bits per heavy atom. The Hall–Kier alpha value is -2.12. The Morgan fingerprint density at radius 3 is 2.92 bits per heavy atom. The highest BCUT2D eigenvalue weighted by atomic mass is 16.2. The molecule has 0 saturated carbocycles. The van der Waals surface area contributed by atoms with E-state index in [1.807, 2.05) is 11.6 Å². The molecule has 24 heavy (non-hydrogen) atoms. The molecule has 0 saturated heterocycles. The summed E-state index contributed by atoms with van der Waals surface area (Å²) in [5, 5.41) is 11.2. The fraction of sp³-hybridized carbons (Fsp3) is 0.750. The van der Waals surface area contributed by atoms with E-state index in [0.29, 0.717) is 12.0 Å². The van der Waals surface area contributed by atoms with Crippen LogP contribution in [0.1, 0.15) is 38.3 Å². The molecule has 1 amide bonds. The lowest BCUT2D eigenvalue weighted by molar-refractivity contribution is -0.127. The van der Waals surface area contributed by atoms with E-state index in [1.54, 1.807) is 19.0 Å². The quantitative estimate of drug-likeness (QED) is 0.598. The van der Waals surface area contributed by atoms with Crippen molar-refractivity contribution in [2.24, 2.45) is 4.99 Å². The van der Waals surface area contributed by atoms with Crippen LogP contribution in [0.5, 0.6) is 0 Å². The van der Waals surface area contributed by atoms with Crippen LogP contribution in [0.3, 0.4) is 0 Å². The van der Waals surface area contributed by atoms with Gasteiger partial charge in [0.25, 0.3) is 0 Å². The molecule has 0 aliphatic carbocycles. The van der Waals surface area contributed by atoms with Crippen molar-refractivity contribution in [1.29, 1.82) is 0 Å². The van der Waals surface area contributed by atoms with Gasteiger partial charge in [-0.1, -0.05) is 6.92 Å². The number of aromatic nitrogens is 3. The van der Waals surface area contributed by atoms with Gasteiger partial charge in [-0.25, -0.2) is 14.7 Å². The Bertz CT molecular complexity index is 593. The summed E-state index contributed by atoms with van der Waals surface area (Å²) < 4.78 is 1.96. The van der Waals surface area contributed by atoms with Crippen molar-refractivity contribution < 1.29 is 4.79 Å². The number of hydrogen-bond acceptors (Lipinski definition) is 4. The van der Waals surface area contributed by atoms with Gasteiger partial charge in [0.15, 0.2) is 5.96 Å². The van der Waals surface area contributed by atoms with E-state index in [4.69, 9.17) is 0 Å². The second kappa shape index (κ2) is 8.12. The smallest absolute Gasteiger partial charge is 0.243 e. The molecule has 0 fully saturated rings. The molecule has 0 spiro atoms. The molecule has 2 heterocycles. The molecule has 1 aromatic rings. The van der Waals surface area contributed by atoms with E-state index in [9.17, 15) is 4.79 Å². The monoisotopic (exact) mass is 335 g/mol. The summed E-state index contributed by atoms with van der Waals surface area (Å²) in [6.07, 6.45) is 2.85. The zero-order valence-electron chi connectivity index (χ0n) is 15.3. The zero-order valence-corrected chi connectivity index (χ0v) is 15.3. The molecule has 0 radical (unpaired) electrons. The summed E-state index contributed by atoms with van der Waals surface area (Å²) in [7, 11) is 3.48. The number of hydrogen-bond donors (Lipinski definition) is 2. The summed E-state index contributed by atoms with van der Waals surface area (Å²) in [6.45, 7) is 7.03. The zero-order chi connectivity index (χ0) is 17.7. The third kappa shape index (κ3) is 4.94. The molecule has 1 aromatic heterocycles. The summed E-state index contributed by atoms with van der Waals surface area (Å²) in [4.78, 5) is 22.2. The highest BCUT2D eigenvalue weighted by Gasteiger charge is 2.22. The number of nitrogens with one attached hydrogen (secondary N) is 2. The molecule has 0 bridgehead atoms. The summed E-state index contributed by atoms with van der Waals surface area (Å²) in [5.74, 6) is 2.53. The fourth-order valence-electron chi connectivity index (χ4n) is 2.50. The number of nitrogens with zero attached hydrogens (tertiary/aromatic N) is 5. The van der Waals surface area contributed by atoms with Gasteiger partial charge in [0.1, 0.15) is 18.2 Å². The van der Waals surface area contributed by atoms with Crippen molar-refractivity contribution in [2.45, 2.75) is 58.7 Å². The van der Waals surface area contributed by atoms with Crippen LogP contribution >= 0.6 is 0 Å². The van der Waals surface area contributed by atoms with E-state index < -0.39 is 0 Å². The minimum absolute atomic E-state index is 0.0157. The molecular formula is C16H29N7O. The van der Waals surface area contributed by atoms with Gasteiger partial charge in [0.2, 0.25) is 5.91 Å². The topological polar surface area (TPSA) is 87.4 Å². The standard InChI is InChI=1S/C16H29N7O/c1-6-11(2)18-16(17-9-15(24)22(4)5)20-13-7-8-14-19-12(3)21-23(14)10-13/h11,13H,6-10H2,1-5H3,(H2,17,18,20). The second-order valence-electron chi connectivity index (χ2n) is 6.54. The molecule has 8 heteroatoms. The van der Waals surface area contributed by atoms with Crippen molar-refractivity contribution in [3.05, 3.63) is 11.6 Å². The minimum Gasteiger partial charge on any atom is -0.354 e. The number of carbonyl (C=O) groups is 1. The van der Waals surface area contributed by atoms with Crippen LogP contribution in [0.15, 0.2) is 4.99 Å². The third-order valence-corrected chi connectivity index (χ3v) is 4.17. The maximum atomic E-state index is 11.8. The highest BCUT2D eigenvalue weighted by Crippen LogP contribution is 2.12. The van der Waals surface area contributed by atoms with Crippen molar-refractivity contribution in [1.82, 2.24) is 30.3 Å². The molecule has 1 aliphatic rings. The second-order valence-corrected chi connectivity index (χ2v) is 6.54. The third-order valence-electron chi connectivity index (χ3n) is 4.17. The Balaban J connectivity index is 2.02. The Labute approximate surface area is 143 Å². The Morgan fingerprint density at radius 2 is 2.25 bits per heavy atom. The van der Waals surface area contributed by atoms with Gasteiger partial charge in [-0.05, 0) is 26.7 Å². The molecule has 0 aromatic carbocycles. The van der Waals surface area contributed by atoms with Crippen LogP contribution in [-0.2, 0) is 17.8 Å². The van der Waals surface area contributed by atoms with Gasteiger partial charge in [-0.3, -0.25) is 4.79 Å². The molecule has 134 valence electrons. The molecular weight excluding hydrogens is 306 g/mol. The SMILES string of the molecule is CCC(C)NC(=NCC(=O)N(C)C)NC1CCc2nc(C)nn2C1. The molecule has 2 N–H and O–H groups in total. The van der Waals surface area contributed by atoms with Crippen LogP contribution in [0.4, 0.5) is 0 Å². The summed E-state index contributed by atoms with van der Waals surface area (Å²) in [6, 6.07) is 0.516. The first-order valence-electron chi connectivity index (χ1n) is 8.57. The normalized spacial score (nSPS) is 18.7. The van der Waals surface area contributed by atoms with Gasteiger partial charge in [-0.15, -0.1) is 0 Å². The molecule has 2 rings (SSSR count). The van der Waals surface area contributed by atoms with Crippen LogP contribution < -0.4 is 10.6 Å². The number of aliphatic imine (C=N–C) groups is 1. The highest BCUT2D eigenvalue weighted by molar-refractivity contribution is 5.85. The number of carbonyl (C=O) groups excluding carboxylic acids is 1. The lowest BCUT2D eigenvalue weighted by atomic mass is 10.1. The fourth-order valence-corrected chi connectivity index (χ4v) is 2.50. The summed E-state index contributed by atoms with van der Waals surface area (Å²) in [5.41, 5.74) is 0. The van der Waals surface area contributed by atoms with Gasteiger partial charge in [-0.2, -0.15) is 5.10 Å². The maximum absolute atomic E-state index is 11.8. The first-order chi connectivity index (χ1) is 11.4. The summed E-state index contributed by atoms with van der Waals surface area (Å²) >= 11 is 0. The Kier molecular flexibility index (Phi) is 6.16. The molecule has 2 unspecified atom stereocenters. The number of guanidine groups is 1. The molecule has 8 nitrogen and oxygen atoms in total. The van der Waals surface area contributed by atoms with Crippen molar-refractivity contribution >= 4 is 11.9 Å². The van der Waals surface area contributed by atoms with Crippen molar-refractivity contribution in [2.75, 3.05) is 20.6 Å². The average molecular weight is 335 g/mol. The first kappa shape index (κ1) is 18.2. The maximum Gasteiger partial charge on any atom is 0.243 e. The van der Waals surface area contributed by atoms with Crippen molar-refractivity contribution in [3.63, 3.8) is 0 Å². The van der Waals surface area contributed by atoms with E-state index >= 15 is 0 Å². The molecule has 2 atom stereocenters. The number of amides is 1. The minimum atomic E-state index is -0.0157. The predicted molar refractivity (Wildman–Crippen MR) is 93.9 cm³/mol.